The number of amides is 1. The van der Waals surface area contributed by atoms with Crippen LogP contribution in [-0.2, 0) is 0 Å². The van der Waals surface area contributed by atoms with Crippen molar-refractivity contribution in [1.29, 1.82) is 0 Å². The highest BCUT2D eigenvalue weighted by molar-refractivity contribution is 7.18. The molecule has 24 heavy (non-hydrogen) atoms. The molecule has 1 aliphatic heterocycles. The number of hydrogen-bond donors (Lipinski definition) is 1. The average molecular weight is 339 g/mol. The molecule has 0 aliphatic carbocycles. The van der Waals surface area contributed by atoms with Crippen molar-refractivity contribution < 1.29 is 9.78 Å². The predicted molar refractivity (Wildman–Crippen MR) is 96.8 cm³/mol. The van der Waals surface area contributed by atoms with E-state index in [1.54, 1.807) is 11.3 Å². The van der Waals surface area contributed by atoms with Gasteiger partial charge in [0.05, 0.1) is 34.5 Å². The van der Waals surface area contributed by atoms with Crippen molar-refractivity contribution in [3.8, 4) is 0 Å². The summed E-state index contributed by atoms with van der Waals surface area (Å²) < 4.78 is 1.09. The molecule has 3 aromatic rings. The van der Waals surface area contributed by atoms with Gasteiger partial charge in [-0.25, -0.2) is 9.97 Å². The molecule has 122 valence electrons. The number of hydrogen-bond acceptors (Lipinski definition) is 4. The van der Waals surface area contributed by atoms with E-state index in [-0.39, 0.29) is 5.91 Å². The zero-order valence-electron chi connectivity index (χ0n) is 13.5. The van der Waals surface area contributed by atoms with Crippen LogP contribution in [0.5, 0.6) is 0 Å². The summed E-state index contributed by atoms with van der Waals surface area (Å²) in [7, 11) is 0. The molecule has 0 atom stereocenters. The van der Waals surface area contributed by atoms with Crippen LogP contribution in [0.1, 0.15) is 28.2 Å². The number of rotatable bonds is 3. The third kappa shape index (κ3) is 2.85. The number of H-pyrrole nitrogens is 1. The number of carbonyl (C=O) groups excluding carboxylic acids is 1. The van der Waals surface area contributed by atoms with Gasteiger partial charge in [0.1, 0.15) is 5.56 Å². The van der Waals surface area contributed by atoms with Crippen molar-refractivity contribution in [1.82, 2.24) is 4.98 Å². The van der Waals surface area contributed by atoms with Crippen LogP contribution in [0.25, 0.3) is 10.2 Å². The van der Waals surface area contributed by atoms with Gasteiger partial charge in [0.2, 0.25) is 0 Å². The fourth-order valence-corrected chi connectivity index (χ4v) is 4.00. The Kier molecular flexibility index (Phi) is 3.90. The highest BCUT2D eigenvalue weighted by Crippen LogP contribution is 2.26. The Morgan fingerprint density at radius 1 is 1.29 bits per heavy atom. The minimum atomic E-state index is -0.0886. The van der Waals surface area contributed by atoms with E-state index in [1.165, 1.54) is 12.8 Å². The molecule has 0 saturated carbocycles. The van der Waals surface area contributed by atoms with Crippen molar-refractivity contribution in [2.24, 2.45) is 0 Å². The van der Waals surface area contributed by atoms with Gasteiger partial charge in [-0.05, 0) is 50.1 Å². The minimum Gasteiger partial charge on any atom is -0.322 e. The first-order chi connectivity index (χ1) is 11.7. The largest absolute Gasteiger partial charge is 0.322 e. The highest BCUT2D eigenvalue weighted by atomic mass is 32.1. The number of carbonyl (C=O) groups is 1. The third-order valence-corrected chi connectivity index (χ3v) is 5.19. The molecule has 1 saturated heterocycles. The van der Waals surface area contributed by atoms with E-state index in [1.807, 2.05) is 43.5 Å². The van der Waals surface area contributed by atoms with Crippen LogP contribution < -0.4 is 15.2 Å². The Labute approximate surface area is 144 Å². The van der Waals surface area contributed by atoms with E-state index in [9.17, 15) is 4.79 Å². The molecule has 1 amide bonds. The lowest BCUT2D eigenvalue weighted by Gasteiger charge is -2.12. The third-order valence-electron chi connectivity index (χ3n) is 4.25. The van der Waals surface area contributed by atoms with E-state index < -0.39 is 0 Å². The van der Waals surface area contributed by atoms with Crippen LogP contribution in [0.3, 0.4) is 0 Å². The lowest BCUT2D eigenvalue weighted by atomic mass is 10.2. The van der Waals surface area contributed by atoms with Gasteiger partial charge in [0.25, 0.3) is 11.7 Å². The Morgan fingerprint density at radius 2 is 2.12 bits per heavy atom. The van der Waals surface area contributed by atoms with Crippen LogP contribution in [0.15, 0.2) is 36.5 Å². The molecule has 1 fully saturated rings. The highest BCUT2D eigenvalue weighted by Gasteiger charge is 2.26. The molecule has 0 spiro atoms. The van der Waals surface area contributed by atoms with Crippen LogP contribution in [0.4, 0.5) is 11.5 Å². The standard InChI is InChI=1S/C18H18N4OS/c1-12-20-15-7-6-13(11-16(15)24-12)21-18(23)14-5-4-8-19-17(14)22-9-2-3-10-22/h4-8,11H,2-3,9-10H2,1H3,(H,21,23)/p+1. The number of aromatic amines is 1. The first-order valence-corrected chi connectivity index (χ1v) is 8.96. The van der Waals surface area contributed by atoms with Crippen molar-refractivity contribution in [2.45, 2.75) is 19.8 Å². The van der Waals surface area contributed by atoms with Gasteiger partial charge in [-0.3, -0.25) is 9.69 Å². The molecule has 6 heteroatoms. The molecule has 0 bridgehead atoms. The summed E-state index contributed by atoms with van der Waals surface area (Å²) >= 11 is 1.64. The first-order valence-electron chi connectivity index (χ1n) is 8.15. The topological polar surface area (TPSA) is 59.4 Å². The van der Waals surface area contributed by atoms with E-state index >= 15 is 0 Å². The molecule has 2 aromatic heterocycles. The van der Waals surface area contributed by atoms with Crippen LogP contribution in [-0.4, -0.2) is 24.0 Å². The second-order valence-corrected chi connectivity index (χ2v) is 7.23. The maximum Gasteiger partial charge on any atom is 0.287 e. The molecule has 1 aromatic carbocycles. The van der Waals surface area contributed by atoms with Gasteiger partial charge in [0, 0.05) is 5.69 Å². The smallest absolute Gasteiger partial charge is 0.287 e. The van der Waals surface area contributed by atoms with Crippen LogP contribution in [0.2, 0.25) is 0 Å². The Morgan fingerprint density at radius 3 is 2.96 bits per heavy atom. The SMILES string of the molecule is Cc1nc2ccc(NC(=O)c3ccc[nH+]c3N3CCCC3)cc2s1. The molecular formula is C18H19N4OS+. The Balaban J connectivity index is 1.61. The molecule has 2 N–H and O–H groups in total. The number of fused-ring (bicyclic) bond motifs is 1. The van der Waals surface area contributed by atoms with Crippen molar-refractivity contribution in [3.63, 3.8) is 0 Å². The number of nitrogens with zero attached hydrogens (tertiary/aromatic N) is 2. The molecule has 0 radical (unpaired) electrons. The summed E-state index contributed by atoms with van der Waals surface area (Å²) in [6, 6.07) is 9.58. The van der Waals surface area contributed by atoms with E-state index in [2.05, 4.69) is 20.2 Å². The fraction of sp³-hybridized carbons (Fsp3) is 0.278. The number of aryl methyl sites for hydroxylation is 1. The lowest BCUT2D eigenvalue weighted by molar-refractivity contribution is -0.364. The van der Waals surface area contributed by atoms with Gasteiger partial charge >= 0.3 is 0 Å². The number of thiazole rings is 1. The second-order valence-electron chi connectivity index (χ2n) is 6.00. The van der Waals surface area contributed by atoms with Gasteiger partial charge in [0.15, 0.2) is 0 Å². The Hall–Kier alpha value is -2.47. The molecular weight excluding hydrogens is 320 g/mol. The minimum absolute atomic E-state index is 0.0886. The summed E-state index contributed by atoms with van der Waals surface area (Å²) in [4.78, 5) is 22.7. The molecule has 5 nitrogen and oxygen atoms in total. The van der Waals surface area contributed by atoms with Gasteiger partial charge in [-0.1, -0.05) is 0 Å². The maximum absolute atomic E-state index is 12.8. The van der Waals surface area contributed by atoms with Crippen molar-refractivity contribution in [2.75, 3.05) is 23.3 Å². The predicted octanol–water partition coefficient (Wildman–Crippen LogP) is 3.27. The van der Waals surface area contributed by atoms with Gasteiger partial charge < -0.3 is 5.32 Å². The summed E-state index contributed by atoms with van der Waals surface area (Å²) in [5.41, 5.74) is 2.45. The fourth-order valence-electron chi connectivity index (χ4n) is 3.13. The van der Waals surface area contributed by atoms with E-state index in [0.717, 1.165) is 39.8 Å². The molecule has 4 rings (SSSR count). The monoisotopic (exact) mass is 339 g/mol. The van der Waals surface area contributed by atoms with Crippen molar-refractivity contribution >= 4 is 39.0 Å². The number of nitrogens with one attached hydrogen (secondary N) is 2. The summed E-state index contributed by atoms with van der Waals surface area (Å²) in [6.07, 6.45) is 4.22. The number of anilines is 2. The van der Waals surface area contributed by atoms with E-state index in [4.69, 9.17) is 0 Å². The summed E-state index contributed by atoms with van der Waals surface area (Å²) in [6.45, 7) is 3.98. The average Bonchev–Trinajstić information content (AvgIpc) is 3.23. The molecule has 3 heterocycles. The van der Waals surface area contributed by atoms with Crippen LogP contribution in [0, 0.1) is 6.92 Å². The summed E-state index contributed by atoms with van der Waals surface area (Å²) in [5, 5.41) is 4.05. The zero-order valence-corrected chi connectivity index (χ0v) is 14.3. The number of aromatic nitrogens is 2. The van der Waals surface area contributed by atoms with Crippen LogP contribution >= 0.6 is 11.3 Å². The normalized spacial score (nSPS) is 14.3. The zero-order chi connectivity index (χ0) is 16.5. The van der Waals surface area contributed by atoms with Gasteiger partial charge in [-0.2, -0.15) is 0 Å². The quantitative estimate of drug-likeness (QED) is 0.797. The first kappa shape index (κ1) is 15.1. The van der Waals surface area contributed by atoms with Gasteiger partial charge in [-0.15, -0.1) is 11.3 Å². The number of benzene rings is 1. The number of pyridine rings is 1. The maximum atomic E-state index is 12.8. The lowest BCUT2D eigenvalue weighted by Crippen LogP contribution is -2.29. The van der Waals surface area contributed by atoms with Crippen molar-refractivity contribution in [3.05, 3.63) is 47.1 Å². The molecule has 0 unspecified atom stereocenters. The van der Waals surface area contributed by atoms with E-state index in [0.29, 0.717) is 5.56 Å². The molecule has 1 aliphatic rings. The second kappa shape index (κ2) is 6.20. The Bertz CT molecular complexity index is 899. The summed E-state index contributed by atoms with van der Waals surface area (Å²) in [5.74, 6) is 0.816.